The van der Waals surface area contributed by atoms with Crippen molar-refractivity contribution in [1.82, 2.24) is 0 Å². The first-order chi connectivity index (χ1) is 13.3. The normalized spacial score (nSPS) is 13.7. The molecule has 1 aliphatic carbocycles. The number of nitrogens with two attached hydrogens (primary N) is 1. The highest BCUT2D eigenvalue weighted by molar-refractivity contribution is 7.17. The molecule has 0 unspecified atom stereocenters. The van der Waals surface area contributed by atoms with Crippen LogP contribution >= 0.6 is 11.3 Å². The number of primary amides is 1. The second-order valence-corrected chi connectivity index (χ2v) is 8.25. The number of fused-ring (bicyclic) bond motifs is 1. The molecule has 148 valence electrons. The number of hydrogen-bond donors (Lipinski definition) is 2. The zero-order chi connectivity index (χ0) is 20.4. The van der Waals surface area contributed by atoms with Gasteiger partial charge in [-0.15, -0.1) is 11.3 Å². The van der Waals surface area contributed by atoms with Gasteiger partial charge in [-0.05, 0) is 62.3 Å². The van der Waals surface area contributed by atoms with E-state index < -0.39 is 23.9 Å². The molecule has 1 atom stereocenters. The van der Waals surface area contributed by atoms with Crippen LogP contribution in [-0.2, 0) is 33.6 Å². The lowest BCUT2D eigenvalue weighted by Gasteiger charge is -2.14. The molecule has 28 heavy (non-hydrogen) atoms. The number of carbonyl (C=O) groups is 3. The number of anilines is 1. The van der Waals surface area contributed by atoms with Crippen LogP contribution in [0.25, 0.3) is 0 Å². The average molecular weight is 401 g/mol. The number of carbonyl (C=O) groups excluding carboxylic acids is 3. The minimum atomic E-state index is -0.975. The molecule has 1 aliphatic rings. The molecule has 3 N–H and O–H groups in total. The summed E-state index contributed by atoms with van der Waals surface area (Å²) < 4.78 is 5.27. The predicted octanol–water partition coefficient (Wildman–Crippen LogP) is 3.07. The standard InChI is InChI=1S/C21H24N2O4S/c1-11-7-8-14(9-12(11)2)10-17(24)27-13(3)20(26)23-21-18(19(22)25)15-5-4-6-16(15)28-21/h7-9,13H,4-6,10H2,1-3H3,(H2,22,25)(H,23,26)/t13-/m0/s1. The summed E-state index contributed by atoms with van der Waals surface area (Å²) >= 11 is 1.37. The van der Waals surface area contributed by atoms with Gasteiger partial charge in [0.25, 0.3) is 11.8 Å². The van der Waals surface area contributed by atoms with Gasteiger partial charge in [0.05, 0.1) is 12.0 Å². The molecule has 0 radical (unpaired) electrons. The van der Waals surface area contributed by atoms with Gasteiger partial charge in [-0.25, -0.2) is 0 Å². The Labute approximate surface area is 168 Å². The first kappa shape index (κ1) is 20.1. The van der Waals surface area contributed by atoms with Crippen molar-refractivity contribution >= 4 is 34.1 Å². The van der Waals surface area contributed by atoms with Gasteiger partial charge >= 0.3 is 5.97 Å². The van der Waals surface area contributed by atoms with E-state index in [1.54, 1.807) is 0 Å². The monoisotopic (exact) mass is 400 g/mol. The van der Waals surface area contributed by atoms with Crippen LogP contribution in [0.4, 0.5) is 5.00 Å². The summed E-state index contributed by atoms with van der Waals surface area (Å²) in [5.74, 6) is -1.50. The molecule has 1 heterocycles. The molecule has 1 aromatic carbocycles. The zero-order valence-electron chi connectivity index (χ0n) is 16.3. The summed E-state index contributed by atoms with van der Waals surface area (Å²) in [6.07, 6.45) is 1.79. The van der Waals surface area contributed by atoms with E-state index >= 15 is 0 Å². The maximum Gasteiger partial charge on any atom is 0.311 e. The van der Waals surface area contributed by atoms with Crippen LogP contribution in [0.5, 0.6) is 0 Å². The van der Waals surface area contributed by atoms with Crippen LogP contribution in [0.2, 0.25) is 0 Å². The van der Waals surface area contributed by atoms with Gasteiger partial charge < -0.3 is 15.8 Å². The molecule has 0 spiro atoms. The van der Waals surface area contributed by atoms with Crippen LogP contribution in [0.15, 0.2) is 18.2 Å². The quantitative estimate of drug-likeness (QED) is 0.728. The molecule has 0 aliphatic heterocycles. The molecule has 0 saturated heterocycles. The van der Waals surface area contributed by atoms with Crippen molar-refractivity contribution in [3.05, 3.63) is 50.9 Å². The summed E-state index contributed by atoms with van der Waals surface area (Å²) in [5, 5.41) is 3.15. The molecular weight excluding hydrogens is 376 g/mol. The van der Waals surface area contributed by atoms with Crippen LogP contribution < -0.4 is 11.1 Å². The Hall–Kier alpha value is -2.67. The van der Waals surface area contributed by atoms with E-state index in [1.165, 1.54) is 18.3 Å². The van der Waals surface area contributed by atoms with Crippen LogP contribution in [0, 0.1) is 13.8 Å². The molecule has 1 aromatic heterocycles. The van der Waals surface area contributed by atoms with Crippen LogP contribution in [-0.4, -0.2) is 23.9 Å². The number of aryl methyl sites for hydroxylation is 3. The fourth-order valence-corrected chi connectivity index (χ4v) is 4.64. The fourth-order valence-electron chi connectivity index (χ4n) is 3.34. The minimum absolute atomic E-state index is 0.0958. The summed E-state index contributed by atoms with van der Waals surface area (Å²) in [4.78, 5) is 37.6. The van der Waals surface area contributed by atoms with Gasteiger partial charge in [0.2, 0.25) is 0 Å². The molecule has 0 bridgehead atoms. The van der Waals surface area contributed by atoms with E-state index in [-0.39, 0.29) is 6.42 Å². The van der Waals surface area contributed by atoms with Crippen LogP contribution in [0.1, 0.15) is 50.8 Å². The number of amides is 2. The van der Waals surface area contributed by atoms with Crippen molar-refractivity contribution in [1.29, 1.82) is 0 Å². The number of rotatable bonds is 6. The Bertz CT molecular complexity index is 948. The Kier molecular flexibility index (Phi) is 5.84. The Morgan fingerprint density at radius 3 is 2.64 bits per heavy atom. The Balaban J connectivity index is 1.63. The molecule has 2 amide bonds. The van der Waals surface area contributed by atoms with E-state index in [0.717, 1.165) is 46.4 Å². The lowest BCUT2D eigenvalue weighted by Crippen LogP contribution is -2.31. The Morgan fingerprint density at radius 1 is 1.21 bits per heavy atom. The molecule has 7 heteroatoms. The third-order valence-electron chi connectivity index (χ3n) is 5.00. The molecule has 3 rings (SSSR count). The van der Waals surface area contributed by atoms with Gasteiger partial charge in [0.1, 0.15) is 5.00 Å². The predicted molar refractivity (Wildman–Crippen MR) is 109 cm³/mol. The van der Waals surface area contributed by atoms with E-state index in [9.17, 15) is 14.4 Å². The molecule has 0 saturated carbocycles. The van der Waals surface area contributed by atoms with Gasteiger partial charge in [-0.3, -0.25) is 14.4 Å². The zero-order valence-corrected chi connectivity index (χ0v) is 17.1. The molecule has 6 nitrogen and oxygen atoms in total. The van der Waals surface area contributed by atoms with E-state index in [4.69, 9.17) is 10.5 Å². The number of ether oxygens (including phenoxy) is 1. The SMILES string of the molecule is Cc1ccc(CC(=O)O[C@@H](C)C(=O)Nc2sc3c(c2C(N)=O)CCC3)cc1C. The van der Waals surface area contributed by atoms with Gasteiger partial charge in [0.15, 0.2) is 6.10 Å². The molecule has 0 fully saturated rings. The highest BCUT2D eigenvalue weighted by Crippen LogP contribution is 2.38. The summed E-state index contributed by atoms with van der Waals surface area (Å²) in [7, 11) is 0. The lowest BCUT2D eigenvalue weighted by molar-refractivity contribution is -0.152. The maximum atomic E-state index is 12.5. The molecule has 2 aromatic rings. The summed E-state index contributed by atoms with van der Waals surface area (Å²) in [6, 6.07) is 5.77. The number of nitrogens with one attached hydrogen (secondary N) is 1. The highest BCUT2D eigenvalue weighted by atomic mass is 32.1. The van der Waals surface area contributed by atoms with Gasteiger partial charge in [-0.2, -0.15) is 0 Å². The van der Waals surface area contributed by atoms with Crippen LogP contribution in [0.3, 0.4) is 0 Å². The molecular formula is C21H24N2O4S. The number of esters is 1. The maximum absolute atomic E-state index is 12.5. The third-order valence-corrected chi connectivity index (χ3v) is 6.21. The average Bonchev–Trinajstić information content (AvgIpc) is 3.18. The third kappa shape index (κ3) is 4.25. The topological polar surface area (TPSA) is 98.5 Å². The Morgan fingerprint density at radius 2 is 1.96 bits per heavy atom. The number of thiophene rings is 1. The first-order valence-corrected chi connectivity index (χ1v) is 10.1. The van der Waals surface area contributed by atoms with Crippen molar-refractivity contribution in [2.45, 2.75) is 52.6 Å². The van der Waals surface area contributed by atoms with Crippen molar-refractivity contribution in [3.8, 4) is 0 Å². The number of hydrogen-bond acceptors (Lipinski definition) is 5. The van der Waals surface area contributed by atoms with E-state index in [2.05, 4.69) is 5.32 Å². The van der Waals surface area contributed by atoms with Gasteiger partial charge in [0, 0.05) is 4.88 Å². The number of benzene rings is 1. The van der Waals surface area contributed by atoms with Crippen molar-refractivity contribution in [3.63, 3.8) is 0 Å². The summed E-state index contributed by atoms with van der Waals surface area (Å²) in [5.41, 5.74) is 9.92. The van der Waals surface area contributed by atoms with E-state index in [1.807, 2.05) is 32.0 Å². The lowest BCUT2D eigenvalue weighted by atomic mass is 10.0. The minimum Gasteiger partial charge on any atom is -0.452 e. The summed E-state index contributed by atoms with van der Waals surface area (Å²) in [6.45, 7) is 5.50. The van der Waals surface area contributed by atoms with Crippen molar-refractivity contribution in [2.75, 3.05) is 5.32 Å². The largest absolute Gasteiger partial charge is 0.452 e. The second kappa shape index (κ2) is 8.14. The van der Waals surface area contributed by atoms with E-state index in [0.29, 0.717) is 10.6 Å². The highest BCUT2D eigenvalue weighted by Gasteiger charge is 2.27. The second-order valence-electron chi connectivity index (χ2n) is 7.14. The first-order valence-electron chi connectivity index (χ1n) is 9.27. The van der Waals surface area contributed by atoms with Gasteiger partial charge in [-0.1, -0.05) is 18.2 Å². The van der Waals surface area contributed by atoms with Crippen molar-refractivity contribution < 1.29 is 19.1 Å². The smallest absolute Gasteiger partial charge is 0.311 e. The fraction of sp³-hybridized carbons (Fsp3) is 0.381. The van der Waals surface area contributed by atoms with Crippen molar-refractivity contribution in [2.24, 2.45) is 5.73 Å².